The first kappa shape index (κ1) is 11.2. The van der Waals surface area contributed by atoms with Crippen LogP contribution < -0.4 is 5.32 Å². The molecule has 0 aliphatic rings. The molecule has 0 spiro atoms. The number of nitrogens with zero attached hydrogens (tertiary/aromatic N) is 1. The van der Waals surface area contributed by atoms with Crippen LogP contribution in [0.25, 0.3) is 0 Å². The first-order valence-corrected chi connectivity index (χ1v) is 5.00. The van der Waals surface area contributed by atoms with E-state index in [9.17, 15) is 4.79 Å². The van der Waals surface area contributed by atoms with Crippen LogP contribution in [0.1, 0.15) is 10.5 Å². The summed E-state index contributed by atoms with van der Waals surface area (Å²) in [5.74, 6) is -0.270. The second kappa shape index (κ2) is 5.12. The number of amides is 1. The summed E-state index contributed by atoms with van der Waals surface area (Å²) in [6.07, 6.45) is 0. The van der Waals surface area contributed by atoms with Crippen LogP contribution in [-0.2, 0) is 0 Å². The smallest absolute Gasteiger partial charge is 0.270 e. The third-order valence-electron chi connectivity index (χ3n) is 1.39. The number of carbonyl (C=O) groups excluding carboxylic acids is 1. The summed E-state index contributed by atoms with van der Waals surface area (Å²) >= 11 is 8.68. The molecule has 1 aromatic rings. The van der Waals surface area contributed by atoms with Gasteiger partial charge in [0.2, 0.25) is 0 Å². The summed E-state index contributed by atoms with van der Waals surface area (Å²) in [7, 11) is 0. The van der Waals surface area contributed by atoms with Gasteiger partial charge in [0.25, 0.3) is 5.91 Å². The van der Waals surface area contributed by atoms with Gasteiger partial charge in [0.1, 0.15) is 10.3 Å². The number of rotatable bonds is 3. The molecule has 1 heterocycles. The van der Waals surface area contributed by atoms with Gasteiger partial charge < -0.3 is 5.32 Å². The van der Waals surface area contributed by atoms with Gasteiger partial charge in [-0.1, -0.05) is 24.2 Å². The van der Waals surface area contributed by atoms with E-state index in [2.05, 4.69) is 32.8 Å². The van der Waals surface area contributed by atoms with E-state index in [0.717, 1.165) is 0 Å². The molecule has 0 aliphatic carbocycles. The maximum atomic E-state index is 11.4. The van der Waals surface area contributed by atoms with Crippen molar-refractivity contribution in [2.45, 2.75) is 0 Å². The van der Waals surface area contributed by atoms with Crippen LogP contribution in [0.3, 0.4) is 0 Å². The second-order valence-electron chi connectivity index (χ2n) is 2.55. The quantitative estimate of drug-likeness (QED) is 0.860. The lowest BCUT2D eigenvalue weighted by Crippen LogP contribution is -2.25. The Bertz CT molecular complexity index is 368. The van der Waals surface area contributed by atoms with Crippen LogP contribution in [0.5, 0.6) is 0 Å². The molecule has 14 heavy (non-hydrogen) atoms. The maximum absolute atomic E-state index is 11.4. The highest BCUT2D eigenvalue weighted by atomic mass is 79.9. The van der Waals surface area contributed by atoms with Gasteiger partial charge in [-0.15, -0.1) is 0 Å². The Kier molecular flexibility index (Phi) is 4.10. The Morgan fingerprint density at radius 1 is 1.64 bits per heavy atom. The fourth-order valence-corrected chi connectivity index (χ4v) is 1.21. The third kappa shape index (κ3) is 3.47. The van der Waals surface area contributed by atoms with Crippen molar-refractivity contribution in [2.75, 3.05) is 6.54 Å². The Morgan fingerprint density at radius 3 is 2.93 bits per heavy atom. The molecule has 0 aromatic carbocycles. The molecule has 1 rings (SSSR count). The lowest BCUT2D eigenvalue weighted by Gasteiger charge is -2.02. The van der Waals surface area contributed by atoms with E-state index in [-0.39, 0.29) is 12.5 Å². The molecule has 74 valence electrons. The average molecular weight is 276 g/mol. The number of nitrogens with one attached hydrogen (secondary N) is 1. The molecule has 1 amide bonds. The van der Waals surface area contributed by atoms with Crippen molar-refractivity contribution in [1.82, 2.24) is 10.3 Å². The number of pyridine rings is 1. The van der Waals surface area contributed by atoms with E-state index in [0.29, 0.717) is 15.3 Å². The van der Waals surface area contributed by atoms with Crippen LogP contribution in [0.4, 0.5) is 0 Å². The summed E-state index contributed by atoms with van der Waals surface area (Å²) in [4.78, 5) is 15.4. The molecule has 0 unspecified atom stereocenters. The molecule has 3 nitrogen and oxygen atoms in total. The van der Waals surface area contributed by atoms with Crippen molar-refractivity contribution in [3.05, 3.63) is 40.1 Å². The summed E-state index contributed by atoms with van der Waals surface area (Å²) in [6, 6.07) is 5.11. The lowest BCUT2D eigenvalue weighted by molar-refractivity contribution is 0.0952. The topological polar surface area (TPSA) is 42.0 Å². The lowest BCUT2D eigenvalue weighted by atomic mass is 10.3. The fourth-order valence-electron chi connectivity index (χ4n) is 0.801. The highest BCUT2D eigenvalue weighted by Crippen LogP contribution is 2.06. The standard InChI is InChI=1S/C9H8BrClN2O/c1-6(11)5-12-9(14)7-3-2-4-8(10)13-7/h2-4H,1,5H2,(H,12,14). The fraction of sp³-hybridized carbons (Fsp3) is 0.111. The molecule has 0 aliphatic heterocycles. The normalized spacial score (nSPS) is 9.57. The summed E-state index contributed by atoms with van der Waals surface area (Å²) < 4.78 is 0.620. The van der Waals surface area contributed by atoms with E-state index < -0.39 is 0 Å². The van der Waals surface area contributed by atoms with Crippen molar-refractivity contribution < 1.29 is 4.79 Å². The number of aromatic nitrogens is 1. The molecule has 0 saturated heterocycles. The maximum Gasteiger partial charge on any atom is 0.270 e. The summed E-state index contributed by atoms with van der Waals surface area (Å²) in [6.45, 7) is 3.70. The number of hydrogen-bond donors (Lipinski definition) is 1. The Labute approximate surface area is 95.3 Å². The summed E-state index contributed by atoms with van der Waals surface area (Å²) in [5, 5.41) is 2.95. The van der Waals surface area contributed by atoms with Crippen molar-refractivity contribution in [1.29, 1.82) is 0 Å². The predicted molar refractivity (Wildman–Crippen MR) is 59.3 cm³/mol. The molecule has 0 radical (unpaired) electrons. The van der Waals surface area contributed by atoms with Crippen LogP contribution in [-0.4, -0.2) is 17.4 Å². The number of halogens is 2. The van der Waals surface area contributed by atoms with Crippen molar-refractivity contribution in [3.8, 4) is 0 Å². The Balaban J connectivity index is 2.65. The zero-order chi connectivity index (χ0) is 10.6. The van der Waals surface area contributed by atoms with Crippen molar-refractivity contribution >= 4 is 33.4 Å². The molecule has 0 atom stereocenters. The Morgan fingerprint density at radius 2 is 2.36 bits per heavy atom. The number of carbonyl (C=O) groups is 1. The van der Waals surface area contributed by atoms with Crippen LogP contribution in [0.15, 0.2) is 34.4 Å². The van der Waals surface area contributed by atoms with Gasteiger partial charge in [-0.05, 0) is 28.1 Å². The minimum Gasteiger partial charge on any atom is -0.346 e. The van der Waals surface area contributed by atoms with Crippen LogP contribution >= 0.6 is 27.5 Å². The third-order valence-corrected chi connectivity index (χ3v) is 1.96. The SMILES string of the molecule is C=C(Cl)CNC(=O)c1cccc(Br)n1. The highest BCUT2D eigenvalue weighted by molar-refractivity contribution is 9.10. The molecule has 0 saturated carbocycles. The zero-order valence-corrected chi connectivity index (χ0v) is 9.60. The van der Waals surface area contributed by atoms with Gasteiger partial charge in [-0.3, -0.25) is 4.79 Å². The second-order valence-corrected chi connectivity index (χ2v) is 3.89. The van der Waals surface area contributed by atoms with E-state index in [4.69, 9.17) is 11.6 Å². The van der Waals surface area contributed by atoms with Gasteiger partial charge >= 0.3 is 0 Å². The van der Waals surface area contributed by atoms with Crippen LogP contribution in [0, 0.1) is 0 Å². The van der Waals surface area contributed by atoms with Gasteiger partial charge in [-0.2, -0.15) is 0 Å². The largest absolute Gasteiger partial charge is 0.346 e. The Hall–Kier alpha value is -0.870. The predicted octanol–water partition coefficient (Wildman–Crippen LogP) is 2.33. The van der Waals surface area contributed by atoms with Crippen molar-refractivity contribution in [2.24, 2.45) is 0 Å². The summed E-state index contributed by atoms with van der Waals surface area (Å²) in [5.41, 5.74) is 0.345. The molecule has 1 aromatic heterocycles. The molecular weight excluding hydrogens is 267 g/mol. The van der Waals surface area contributed by atoms with Gasteiger partial charge in [0.15, 0.2) is 0 Å². The van der Waals surface area contributed by atoms with Gasteiger partial charge in [-0.25, -0.2) is 4.98 Å². The minimum absolute atomic E-state index is 0.245. The van der Waals surface area contributed by atoms with Crippen LogP contribution in [0.2, 0.25) is 0 Å². The zero-order valence-electron chi connectivity index (χ0n) is 7.26. The molecule has 1 N–H and O–H groups in total. The van der Waals surface area contributed by atoms with E-state index in [1.54, 1.807) is 18.2 Å². The van der Waals surface area contributed by atoms with Gasteiger partial charge in [0.05, 0.1) is 6.54 Å². The molecular formula is C9H8BrClN2O. The first-order chi connectivity index (χ1) is 6.59. The number of hydrogen-bond acceptors (Lipinski definition) is 2. The van der Waals surface area contributed by atoms with Gasteiger partial charge in [0, 0.05) is 5.03 Å². The molecule has 0 bridgehead atoms. The molecule has 0 fully saturated rings. The minimum atomic E-state index is -0.270. The highest BCUT2D eigenvalue weighted by Gasteiger charge is 2.06. The van der Waals surface area contributed by atoms with E-state index in [1.807, 2.05) is 0 Å². The molecule has 5 heteroatoms. The average Bonchev–Trinajstić information content (AvgIpc) is 2.14. The first-order valence-electron chi connectivity index (χ1n) is 3.83. The van der Waals surface area contributed by atoms with Crippen molar-refractivity contribution in [3.63, 3.8) is 0 Å². The monoisotopic (exact) mass is 274 g/mol. The van der Waals surface area contributed by atoms with E-state index >= 15 is 0 Å². The van der Waals surface area contributed by atoms with E-state index in [1.165, 1.54) is 0 Å².